The average molecular weight is 354 g/mol. The van der Waals surface area contributed by atoms with Crippen molar-refractivity contribution in [3.8, 4) is 0 Å². The Labute approximate surface area is 151 Å². The van der Waals surface area contributed by atoms with Crippen LogP contribution in [-0.4, -0.2) is 21.1 Å². The van der Waals surface area contributed by atoms with Gasteiger partial charge in [-0.25, -0.2) is 0 Å². The Hall–Kier alpha value is -2.18. The second-order valence-corrected chi connectivity index (χ2v) is 7.02. The second-order valence-electron chi connectivity index (χ2n) is 6.64. The van der Waals surface area contributed by atoms with Crippen molar-refractivity contribution in [3.05, 3.63) is 62.8 Å². The number of H-pyrrole nitrogens is 2. The van der Waals surface area contributed by atoms with Crippen LogP contribution in [0.4, 0.5) is 0 Å². The summed E-state index contributed by atoms with van der Waals surface area (Å²) in [6.07, 6.45) is 6.73. The van der Waals surface area contributed by atoms with Crippen LogP contribution < -0.4 is 10.9 Å². The lowest BCUT2D eigenvalue weighted by atomic mass is 9.96. The molecule has 4 rings (SSSR count). The fraction of sp³-hybridized carbons (Fsp3) is 0.368. The summed E-state index contributed by atoms with van der Waals surface area (Å²) in [5, 5.41) is 3.68. The topological polar surface area (TPSA) is 65.6 Å². The molecule has 3 aromatic rings. The minimum Gasteiger partial charge on any atom is -0.355 e. The smallest absolute Gasteiger partial charge is 0.276 e. The Morgan fingerprint density at radius 3 is 2.96 bits per heavy atom. The SMILES string of the molecule is O=c1[nH]c(=S)n(Cc2ccccc2[C@@H]2CCCCCN2)c2cc[nH]c12. The lowest BCUT2D eigenvalue weighted by Crippen LogP contribution is -2.22. The van der Waals surface area contributed by atoms with Gasteiger partial charge in [0.05, 0.1) is 12.1 Å². The number of benzene rings is 1. The minimum absolute atomic E-state index is 0.167. The molecule has 1 aliphatic heterocycles. The van der Waals surface area contributed by atoms with E-state index >= 15 is 0 Å². The lowest BCUT2D eigenvalue weighted by molar-refractivity contribution is 0.528. The van der Waals surface area contributed by atoms with Crippen molar-refractivity contribution in [2.75, 3.05) is 6.54 Å². The minimum atomic E-state index is -0.167. The molecule has 130 valence electrons. The third-order valence-electron chi connectivity index (χ3n) is 5.03. The van der Waals surface area contributed by atoms with Gasteiger partial charge in [-0.05, 0) is 48.8 Å². The number of nitrogens with zero attached hydrogens (tertiary/aromatic N) is 1. The summed E-state index contributed by atoms with van der Waals surface area (Å²) in [7, 11) is 0. The fourth-order valence-electron chi connectivity index (χ4n) is 3.74. The van der Waals surface area contributed by atoms with Gasteiger partial charge in [-0.15, -0.1) is 0 Å². The van der Waals surface area contributed by atoms with Crippen molar-refractivity contribution in [2.45, 2.75) is 38.3 Å². The number of fused-ring (bicyclic) bond motifs is 1. The molecule has 6 heteroatoms. The maximum absolute atomic E-state index is 12.0. The predicted octanol–water partition coefficient (Wildman–Crippen LogP) is 3.64. The summed E-state index contributed by atoms with van der Waals surface area (Å²) in [4.78, 5) is 17.8. The molecule has 5 nitrogen and oxygen atoms in total. The molecule has 25 heavy (non-hydrogen) atoms. The highest BCUT2D eigenvalue weighted by molar-refractivity contribution is 7.71. The number of hydrogen-bond donors (Lipinski definition) is 3. The molecular weight excluding hydrogens is 332 g/mol. The van der Waals surface area contributed by atoms with Crippen LogP contribution in [0.3, 0.4) is 0 Å². The Morgan fingerprint density at radius 1 is 1.16 bits per heavy atom. The zero-order chi connectivity index (χ0) is 17.2. The molecule has 0 aliphatic carbocycles. The molecule has 1 saturated heterocycles. The van der Waals surface area contributed by atoms with E-state index in [-0.39, 0.29) is 5.56 Å². The van der Waals surface area contributed by atoms with Gasteiger partial charge in [0.2, 0.25) is 0 Å². The Balaban J connectivity index is 1.76. The lowest BCUT2D eigenvalue weighted by Gasteiger charge is -2.21. The molecule has 1 aliphatic rings. The fourth-order valence-corrected chi connectivity index (χ4v) is 4.00. The highest BCUT2D eigenvalue weighted by Crippen LogP contribution is 2.26. The van der Waals surface area contributed by atoms with E-state index in [0.29, 0.717) is 22.9 Å². The summed E-state index contributed by atoms with van der Waals surface area (Å²) in [6, 6.07) is 10.8. The van der Waals surface area contributed by atoms with Gasteiger partial charge in [-0.3, -0.25) is 9.78 Å². The van der Waals surface area contributed by atoms with Crippen LogP contribution in [0.25, 0.3) is 11.0 Å². The molecular formula is C19H22N4OS. The summed E-state index contributed by atoms with van der Waals surface area (Å²) >= 11 is 5.43. The number of aromatic amines is 2. The van der Waals surface area contributed by atoms with Crippen molar-refractivity contribution >= 4 is 23.3 Å². The molecule has 1 fully saturated rings. The van der Waals surface area contributed by atoms with E-state index in [0.717, 1.165) is 18.5 Å². The second kappa shape index (κ2) is 6.98. The molecule has 0 bridgehead atoms. The number of rotatable bonds is 3. The molecule has 0 amide bonds. The van der Waals surface area contributed by atoms with E-state index < -0.39 is 0 Å². The summed E-state index contributed by atoms with van der Waals surface area (Å²) in [5.41, 5.74) is 3.82. The molecule has 2 aromatic heterocycles. The van der Waals surface area contributed by atoms with E-state index in [4.69, 9.17) is 12.2 Å². The highest BCUT2D eigenvalue weighted by atomic mass is 32.1. The molecule has 1 atom stereocenters. The first kappa shape index (κ1) is 16.3. The van der Waals surface area contributed by atoms with Crippen LogP contribution in [0, 0.1) is 4.77 Å². The monoisotopic (exact) mass is 354 g/mol. The molecule has 0 radical (unpaired) electrons. The summed E-state index contributed by atoms with van der Waals surface area (Å²) in [6.45, 7) is 1.72. The molecule has 0 spiro atoms. The number of aromatic nitrogens is 3. The van der Waals surface area contributed by atoms with Crippen LogP contribution >= 0.6 is 12.2 Å². The van der Waals surface area contributed by atoms with Crippen LogP contribution in [0.5, 0.6) is 0 Å². The zero-order valence-electron chi connectivity index (χ0n) is 14.0. The Morgan fingerprint density at radius 2 is 2.04 bits per heavy atom. The first-order chi connectivity index (χ1) is 12.2. The largest absolute Gasteiger partial charge is 0.355 e. The number of nitrogens with one attached hydrogen (secondary N) is 3. The zero-order valence-corrected chi connectivity index (χ0v) is 14.9. The summed E-state index contributed by atoms with van der Waals surface area (Å²) in [5.74, 6) is 0. The van der Waals surface area contributed by atoms with E-state index in [9.17, 15) is 4.79 Å². The Kier molecular flexibility index (Phi) is 4.55. The standard InChI is InChI=1S/C19H22N4OS/c24-18-17-16(9-11-21-17)23(19(25)22-18)12-13-6-3-4-7-14(13)15-8-2-1-5-10-20-15/h3-4,6-7,9,11,15,20-21H,1-2,5,8,10,12H2,(H,22,24,25)/t15-/m0/s1. The van der Waals surface area contributed by atoms with Gasteiger partial charge < -0.3 is 14.9 Å². The quantitative estimate of drug-likeness (QED) is 0.629. The van der Waals surface area contributed by atoms with Crippen molar-refractivity contribution in [3.63, 3.8) is 0 Å². The molecule has 3 heterocycles. The maximum atomic E-state index is 12.0. The normalized spacial score (nSPS) is 18.3. The first-order valence-corrected chi connectivity index (χ1v) is 9.26. The molecule has 0 unspecified atom stereocenters. The molecule has 3 N–H and O–H groups in total. The van der Waals surface area contributed by atoms with Gasteiger partial charge in [-0.1, -0.05) is 37.1 Å². The average Bonchev–Trinajstić information content (AvgIpc) is 2.95. The summed E-state index contributed by atoms with van der Waals surface area (Å²) < 4.78 is 2.46. The highest BCUT2D eigenvalue weighted by Gasteiger charge is 2.17. The maximum Gasteiger partial charge on any atom is 0.276 e. The van der Waals surface area contributed by atoms with Crippen molar-refractivity contribution < 1.29 is 0 Å². The van der Waals surface area contributed by atoms with E-state index in [1.807, 2.05) is 10.6 Å². The van der Waals surface area contributed by atoms with E-state index in [1.165, 1.54) is 30.4 Å². The third kappa shape index (κ3) is 3.19. The van der Waals surface area contributed by atoms with Gasteiger partial charge in [0.1, 0.15) is 5.52 Å². The Bertz CT molecular complexity index is 992. The van der Waals surface area contributed by atoms with Gasteiger partial charge in [-0.2, -0.15) is 0 Å². The number of hydrogen-bond acceptors (Lipinski definition) is 3. The van der Waals surface area contributed by atoms with Crippen molar-refractivity contribution in [1.29, 1.82) is 0 Å². The van der Waals surface area contributed by atoms with Crippen LogP contribution in [0.15, 0.2) is 41.3 Å². The van der Waals surface area contributed by atoms with Crippen LogP contribution in [-0.2, 0) is 6.54 Å². The van der Waals surface area contributed by atoms with E-state index in [2.05, 4.69) is 39.6 Å². The van der Waals surface area contributed by atoms with Gasteiger partial charge in [0, 0.05) is 12.2 Å². The van der Waals surface area contributed by atoms with Crippen molar-refractivity contribution in [2.24, 2.45) is 0 Å². The van der Waals surface area contributed by atoms with Crippen molar-refractivity contribution in [1.82, 2.24) is 19.9 Å². The van der Waals surface area contributed by atoms with Gasteiger partial charge >= 0.3 is 0 Å². The third-order valence-corrected chi connectivity index (χ3v) is 5.35. The van der Waals surface area contributed by atoms with E-state index in [1.54, 1.807) is 6.20 Å². The molecule has 1 aromatic carbocycles. The van der Waals surface area contributed by atoms with Crippen LogP contribution in [0.2, 0.25) is 0 Å². The van der Waals surface area contributed by atoms with Gasteiger partial charge in [0.25, 0.3) is 5.56 Å². The predicted molar refractivity (Wildman–Crippen MR) is 102 cm³/mol. The molecule has 0 saturated carbocycles. The first-order valence-electron chi connectivity index (χ1n) is 8.85. The van der Waals surface area contributed by atoms with Gasteiger partial charge in [0.15, 0.2) is 4.77 Å². The van der Waals surface area contributed by atoms with Crippen LogP contribution in [0.1, 0.15) is 42.9 Å².